The third kappa shape index (κ3) is 3.66. The highest BCUT2D eigenvalue weighted by Gasteiger charge is 2.09. The molecular weight excluding hydrogens is 366 g/mol. The maximum atomic E-state index is 12.8. The summed E-state index contributed by atoms with van der Waals surface area (Å²) in [5.74, 6) is -1.41. The first kappa shape index (κ1) is 18.5. The molecule has 0 amide bonds. The molecule has 7 heteroatoms. The molecule has 3 aromatic rings. The van der Waals surface area contributed by atoms with Crippen molar-refractivity contribution in [2.45, 2.75) is 0 Å². The Hall–Kier alpha value is -3.25. The first-order chi connectivity index (χ1) is 12.8. The SMILES string of the molecule is C=c1[nH]n(-c2ccc(Cl)c(C(=O)[O-])c2)c(=O)/c1=C\c1ccc(N(C)C)cc1. The number of hydrogen-bond acceptors (Lipinski definition) is 4. The lowest BCUT2D eigenvalue weighted by Gasteiger charge is -2.11. The van der Waals surface area contributed by atoms with Gasteiger partial charge in [0.1, 0.15) is 0 Å². The Labute approximate surface area is 160 Å². The number of H-pyrrole nitrogens is 1. The molecule has 0 aliphatic rings. The minimum atomic E-state index is -1.41. The molecular formula is C20H17ClN3O3-. The molecule has 0 spiro atoms. The number of halogens is 1. The van der Waals surface area contributed by atoms with Gasteiger partial charge < -0.3 is 14.8 Å². The lowest BCUT2D eigenvalue weighted by atomic mass is 10.1. The average molecular weight is 383 g/mol. The number of aromatic carboxylic acids is 1. The van der Waals surface area contributed by atoms with Gasteiger partial charge in [-0.05, 0) is 42.0 Å². The highest BCUT2D eigenvalue weighted by atomic mass is 35.5. The quantitative estimate of drug-likeness (QED) is 0.712. The second-order valence-electron chi connectivity index (χ2n) is 6.23. The third-order valence-corrected chi connectivity index (χ3v) is 4.48. The van der Waals surface area contributed by atoms with Gasteiger partial charge in [-0.3, -0.25) is 9.89 Å². The van der Waals surface area contributed by atoms with Crippen LogP contribution in [0.3, 0.4) is 0 Å². The first-order valence-electron chi connectivity index (χ1n) is 8.08. The van der Waals surface area contributed by atoms with E-state index in [-0.39, 0.29) is 16.1 Å². The molecule has 0 aliphatic heterocycles. The Balaban J connectivity index is 2.11. The highest BCUT2D eigenvalue weighted by molar-refractivity contribution is 6.33. The van der Waals surface area contributed by atoms with Crippen molar-refractivity contribution in [3.63, 3.8) is 0 Å². The number of hydrogen-bond donors (Lipinski definition) is 1. The fourth-order valence-corrected chi connectivity index (χ4v) is 2.86. The van der Waals surface area contributed by atoms with Crippen LogP contribution in [0.25, 0.3) is 18.3 Å². The zero-order chi connectivity index (χ0) is 19.7. The minimum Gasteiger partial charge on any atom is -0.545 e. The summed E-state index contributed by atoms with van der Waals surface area (Å²) in [7, 11) is 3.90. The van der Waals surface area contributed by atoms with E-state index in [1.165, 1.54) is 16.8 Å². The molecule has 0 unspecified atom stereocenters. The summed E-state index contributed by atoms with van der Waals surface area (Å²) < 4.78 is 1.23. The van der Waals surface area contributed by atoms with Gasteiger partial charge in [-0.15, -0.1) is 0 Å². The number of rotatable bonds is 4. The largest absolute Gasteiger partial charge is 0.545 e. The van der Waals surface area contributed by atoms with Gasteiger partial charge in [0.25, 0.3) is 5.56 Å². The molecule has 2 aromatic carbocycles. The van der Waals surface area contributed by atoms with Crippen LogP contribution < -0.4 is 26.1 Å². The van der Waals surface area contributed by atoms with Gasteiger partial charge in [0.05, 0.1) is 22.2 Å². The van der Waals surface area contributed by atoms with E-state index in [9.17, 15) is 14.7 Å². The molecule has 1 heterocycles. The number of nitrogens with zero attached hydrogens (tertiary/aromatic N) is 2. The molecule has 0 fully saturated rings. The number of anilines is 1. The van der Waals surface area contributed by atoms with E-state index in [1.54, 1.807) is 12.1 Å². The van der Waals surface area contributed by atoms with E-state index in [1.807, 2.05) is 43.3 Å². The molecule has 0 radical (unpaired) electrons. The standard InChI is InChI=1S/C20H18ClN3O3/c1-12-16(10-13-4-6-14(7-5-13)23(2)3)19(25)24(22-12)15-8-9-18(21)17(11-15)20(26)27/h4-11,22H,1H2,2-3H3,(H,26,27)/p-1/b16-10-. The van der Waals surface area contributed by atoms with E-state index < -0.39 is 5.97 Å². The second-order valence-corrected chi connectivity index (χ2v) is 6.63. The van der Waals surface area contributed by atoms with Crippen molar-refractivity contribution in [2.24, 2.45) is 0 Å². The van der Waals surface area contributed by atoms with Gasteiger partial charge in [-0.1, -0.05) is 30.3 Å². The summed E-state index contributed by atoms with van der Waals surface area (Å²) in [6.45, 7) is 3.87. The number of carbonyl (C=O) groups excluding carboxylic acids is 1. The summed E-state index contributed by atoms with van der Waals surface area (Å²) in [6.07, 6.45) is 1.73. The van der Waals surface area contributed by atoms with Crippen LogP contribution in [0.4, 0.5) is 5.69 Å². The molecule has 3 rings (SSSR count). The van der Waals surface area contributed by atoms with Gasteiger partial charge in [0, 0.05) is 30.4 Å². The van der Waals surface area contributed by atoms with Crippen LogP contribution in [-0.4, -0.2) is 29.8 Å². The van der Waals surface area contributed by atoms with Crippen molar-refractivity contribution in [2.75, 3.05) is 19.0 Å². The molecule has 27 heavy (non-hydrogen) atoms. The van der Waals surface area contributed by atoms with Crippen LogP contribution in [0.1, 0.15) is 15.9 Å². The number of benzene rings is 2. The number of nitrogens with one attached hydrogen (secondary N) is 1. The van der Waals surface area contributed by atoms with Crippen molar-refractivity contribution in [1.29, 1.82) is 0 Å². The molecule has 138 valence electrons. The van der Waals surface area contributed by atoms with Crippen molar-refractivity contribution in [1.82, 2.24) is 9.78 Å². The molecule has 1 aromatic heterocycles. The van der Waals surface area contributed by atoms with E-state index >= 15 is 0 Å². The number of carboxylic acid groups (broad SMARTS) is 1. The van der Waals surface area contributed by atoms with Crippen LogP contribution in [0.2, 0.25) is 5.02 Å². The van der Waals surface area contributed by atoms with E-state index in [0.29, 0.717) is 16.3 Å². The first-order valence-corrected chi connectivity index (χ1v) is 8.46. The zero-order valence-corrected chi connectivity index (χ0v) is 15.6. The Morgan fingerprint density at radius 3 is 2.48 bits per heavy atom. The van der Waals surface area contributed by atoms with Gasteiger partial charge >= 0.3 is 0 Å². The predicted molar refractivity (Wildman–Crippen MR) is 105 cm³/mol. The maximum absolute atomic E-state index is 12.8. The topological polar surface area (TPSA) is 81.2 Å². The van der Waals surface area contributed by atoms with Crippen molar-refractivity contribution in [3.8, 4) is 5.69 Å². The summed E-state index contributed by atoms with van der Waals surface area (Å²) >= 11 is 5.86. The average Bonchev–Trinajstić information content (AvgIpc) is 2.90. The smallest absolute Gasteiger partial charge is 0.279 e. The Morgan fingerprint density at radius 2 is 1.89 bits per heavy atom. The number of carboxylic acids is 1. The number of aromatic amines is 1. The zero-order valence-electron chi connectivity index (χ0n) is 14.8. The predicted octanol–water partition coefficient (Wildman–Crippen LogP) is 0.488. The normalized spacial score (nSPS) is 11.6. The van der Waals surface area contributed by atoms with Crippen molar-refractivity contribution >= 4 is 35.9 Å². The van der Waals surface area contributed by atoms with Gasteiger partial charge in [-0.25, -0.2) is 4.68 Å². The van der Waals surface area contributed by atoms with Gasteiger partial charge in [-0.2, -0.15) is 0 Å². The Morgan fingerprint density at radius 1 is 1.22 bits per heavy atom. The second kappa shape index (κ2) is 7.17. The fraction of sp³-hybridized carbons (Fsp3) is 0.100. The van der Waals surface area contributed by atoms with E-state index in [0.717, 1.165) is 11.3 Å². The van der Waals surface area contributed by atoms with Crippen LogP contribution in [0.5, 0.6) is 0 Å². The number of aromatic nitrogens is 2. The molecule has 0 saturated heterocycles. The Kier molecular flexibility index (Phi) is 4.92. The lowest BCUT2D eigenvalue weighted by molar-refractivity contribution is -0.255. The molecule has 0 bridgehead atoms. The fourth-order valence-electron chi connectivity index (χ4n) is 2.67. The number of carbonyl (C=O) groups is 1. The van der Waals surface area contributed by atoms with E-state index in [2.05, 4.69) is 11.7 Å². The minimum absolute atomic E-state index is 0.0426. The molecule has 0 aliphatic carbocycles. The van der Waals surface area contributed by atoms with Crippen molar-refractivity contribution in [3.05, 3.63) is 79.5 Å². The van der Waals surface area contributed by atoms with Crippen LogP contribution in [0.15, 0.2) is 47.3 Å². The molecule has 0 saturated carbocycles. The van der Waals surface area contributed by atoms with Crippen molar-refractivity contribution < 1.29 is 9.90 Å². The highest BCUT2D eigenvalue weighted by Crippen LogP contribution is 2.18. The summed E-state index contributed by atoms with van der Waals surface area (Å²) in [4.78, 5) is 25.9. The third-order valence-electron chi connectivity index (χ3n) is 4.15. The van der Waals surface area contributed by atoms with Crippen LogP contribution in [0, 0.1) is 0 Å². The summed E-state index contributed by atoms with van der Waals surface area (Å²) in [5.41, 5.74) is 1.69. The molecule has 0 atom stereocenters. The van der Waals surface area contributed by atoms with Crippen LogP contribution in [-0.2, 0) is 0 Å². The van der Waals surface area contributed by atoms with Gasteiger partial charge in [0.15, 0.2) is 0 Å². The Bertz CT molecular complexity index is 1170. The molecule has 1 N–H and O–H groups in total. The maximum Gasteiger partial charge on any atom is 0.279 e. The summed E-state index contributed by atoms with van der Waals surface area (Å²) in [6, 6.07) is 11.9. The van der Waals surface area contributed by atoms with Crippen LogP contribution >= 0.6 is 11.6 Å². The monoisotopic (exact) mass is 382 g/mol. The summed E-state index contributed by atoms with van der Waals surface area (Å²) in [5, 5.41) is 14.9. The molecule has 6 nitrogen and oxygen atoms in total. The lowest BCUT2D eigenvalue weighted by Crippen LogP contribution is -2.34. The van der Waals surface area contributed by atoms with Gasteiger partial charge in [0.2, 0.25) is 0 Å². The van der Waals surface area contributed by atoms with E-state index in [4.69, 9.17) is 11.6 Å².